The van der Waals surface area contributed by atoms with Crippen molar-refractivity contribution >= 4 is 46.0 Å². The number of aliphatic carboxylic acids is 1. The Hall–Kier alpha value is -3.36. The molecular formula is C25H26ClN3O5. The number of carbonyl (C=O) groups is 3. The molecule has 1 aromatic heterocycles. The number of H-pyrrole nitrogens is 1. The summed E-state index contributed by atoms with van der Waals surface area (Å²) in [7, 11) is 0. The van der Waals surface area contributed by atoms with Crippen molar-refractivity contribution in [2.75, 3.05) is 11.9 Å². The van der Waals surface area contributed by atoms with E-state index in [4.69, 9.17) is 22.4 Å². The van der Waals surface area contributed by atoms with Gasteiger partial charge in [0.25, 0.3) is 0 Å². The first kappa shape index (κ1) is 23.8. The van der Waals surface area contributed by atoms with Crippen molar-refractivity contribution in [3.8, 4) is 0 Å². The molecular weight excluding hydrogens is 458 g/mol. The number of aromatic nitrogens is 1. The molecule has 2 aromatic carbocycles. The average Bonchev–Trinajstić information content (AvgIpc) is 3.17. The molecule has 4 rings (SSSR count). The third-order valence-electron chi connectivity index (χ3n) is 6.48. The molecule has 0 spiro atoms. The van der Waals surface area contributed by atoms with Gasteiger partial charge in [-0.2, -0.15) is 0 Å². The summed E-state index contributed by atoms with van der Waals surface area (Å²) in [6.45, 7) is 0.0480. The number of carboxylic acids is 2. The van der Waals surface area contributed by atoms with Crippen LogP contribution in [0, 0.1) is 5.92 Å². The van der Waals surface area contributed by atoms with Gasteiger partial charge >= 0.3 is 11.9 Å². The third-order valence-corrected chi connectivity index (χ3v) is 6.70. The molecule has 3 aromatic rings. The van der Waals surface area contributed by atoms with E-state index in [2.05, 4.69) is 10.3 Å². The second-order valence-electron chi connectivity index (χ2n) is 8.59. The van der Waals surface area contributed by atoms with Gasteiger partial charge < -0.3 is 26.2 Å². The van der Waals surface area contributed by atoms with Crippen LogP contribution >= 0.6 is 11.6 Å². The molecule has 0 saturated carbocycles. The van der Waals surface area contributed by atoms with E-state index in [-0.39, 0.29) is 30.5 Å². The predicted molar refractivity (Wildman–Crippen MR) is 130 cm³/mol. The van der Waals surface area contributed by atoms with Crippen LogP contribution in [0.1, 0.15) is 52.4 Å². The van der Waals surface area contributed by atoms with E-state index in [1.165, 1.54) is 0 Å². The molecule has 2 atom stereocenters. The van der Waals surface area contributed by atoms with Crippen molar-refractivity contribution in [1.29, 1.82) is 0 Å². The number of halogens is 1. The third kappa shape index (κ3) is 4.64. The summed E-state index contributed by atoms with van der Waals surface area (Å²) in [5.41, 5.74) is 9.77. The lowest BCUT2D eigenvalue weighted by Crippen LogP contribution is -2.36. The highest BCUT2D eigenvalue weighted by Gasteiger charge is 2.37. The molecule has 0 saturated heterocycles. The molecule has 178 valence electrons. The highest BCUT2D eigenvalue weighted by Crippen LogP contribution is 2.44. The normalized spacial score (nSPS) is 15.8. The van der Waals surface area contributed by atoms with Gasteiger partial charge in [-0.05, 0) is 60.6 Å². The molecule has 0 bridgehead atoms. The van der Waals surface area contributed by atoms with Crippen LogP contribution in [0.5, 0.6) is 0 Å². The Morgan fingerprint density at radius 3 is 2.68 bits per heavy atom. The Kier molecular flexibility index (Phi) is 6.90. The standard InChI is InChI=1S/C25H26ClN3O5/c26-15-10-14-8-9-16(22-21(14)19(11-15)28-23(22)25(33)34)17(12-27)24(32)29-18-6-2-1-4-13(18)5-3-7-20(30)31/h1-2,4,6,10-11,16-17,28H,3,5,7-9,12,27H2,(H,29,32)(H,30,31)(H,33,34). The zero-order valence-electron chi connectivity index (χ0n) is 18.4. The Balaban J connectivity index is 1.65. The van der Waals surface area contributed by atoms with Gasteiger partial charge in [-0.15, -0.1) is 0 Å². The van der Waals surface area contributed by atoms with Gasteiger partial charge in [-0.25, -0.2) is 4.79 Å². The van der Waals surface area contributed by atoms with Crippen LogP contribution in [0.15, 0.2) is 36.4 Å². The molecule has 6 N–H and O–H groups in total. The number of carboxylic acid groups (broad SMARTS) is 2. The predicted octanol–water partition coefficient (Wildman–Crippen LogP) is 4.17. The molecule has 0 radical (unpaired) electrons. The van der Waals surface area contributed by atoms with Gasteiger partial charge in [0.2, 0.25) is 5.91 Å². The second kappa shape index (κ2) is 9.87. The lowest BCUT2D eigenvalue weighted by molar-refractivity contribution is -0.137. The summed E-state index contributed by atoms with van der Waals surface area (Å²) >= 11 is 6.22. The summed E-state index contributed by atoms with van der Waals surface area (Å²) < 4.78 is 0. The van der Waals surface area contributed by atoms with Gasteiger partial charge in [-0.3, -0.25) is 9.59 Å². The van der Waals surface area contributed by atoms with Gasteiger partial charge in [0.1, 0.15) is 5.69 Å². The number of rotatable bonds is 9. The number of carbonyl (C=O) groups excluding carboxylic acids is 1. The fourth-order valence-corrected chi connectivity index (χ4v) is 5.21. The van der Waals surface area contributed by atoms with Crippen LogP contribution in [-0.4, -0.2) is 39.6 Å². The number of aromatic amines is 1. The minimum absolute atomic E-state index is 0.0423. The zero-order valence-corrected chi connectivity index (χ0v) is 19.2. The molecule has 1 heterocycles. The van der Waals surface area contributed by atoms with Crippen LogP contribution in [0.3, 0.4) is 0 Å². The smallest absolute Gasteiger partial charge is 0.352 e. The SMILES string of the molecule is NCC(C(=O)Nc1ccccc1CCCC(=O)O)C1CCc2cc(Cl)cc3[nH]c(C(=O)O)c1c23. The number of benzene rings is 2. The summed E-state index contributed by atoms with van der Waals surface area (Å²) in [5, 5.41) is 23.0. The number of anilines is 1. The van der Waals surface area contributed by atoms with Gasteiger partial charge in [-0.1, -0.05) is 29.8 Å². The Labute approximate surface area is 201 Å². The quantitative estimate of drug-likeness (QED) is 0.309. The largest absolute Gasteiger partial charge is 0.481 e. The monoisotopic (exact) mass is 483 g/mol. The van der Waals surface area contributed by atoms with E-state index < -0.39 is 17.9 Å². The fraction of sp³-hybridized carbons (Fsp3) is 0.320. The molecule has 8 nitrogen and oxygen atoms in total. The van der Waals surface area contributed by atoms with Gasteiger partial charge in [0, 0.05) is 40.5 Å². The first-order chi connectivity index (χ1) is 16.3. The maximum Gasteiger partial charge on any atom is 0.352 e. The Morgan fingerprint density at radius 2 is 1.97 bits per heavy atom. The highest BCUT2D eigenvalue weighted by atomic mass is 35.5. The number of nitrogens with one attached hydrogen (secondary N) is 2. The minimum atomic E-state index is -1.10. The molecule has 1 amide bonds. The van der Waals surface area contributed by atoms with Crippen molar-refractivity contribution < 1.29 is 24.6 Å². The highest BCUT2D eigenvalue weighted by molar-refractivity contribution is 6.31. The van der Waals surface area contributed by atoms with Crippen LogP contribution < -0.4 is 11.1 Å². The number of para-hydroxylation sites is 1. The van der Waals surface area contributed by atoms with E-state index in [1.807, 2.05) is 18.2 Å². The Morgan fingerprint density at radius 1 is 1.21 bits per heavy atom. The summed E-state index contributed by atoms with van der Waals surface area (Å²) in [6, 6.07) is 10.8. The van der Waals surface area contributed by atoms with Crippen LogP contribution in [0.2, 0.25) is 5.02 Å². The zero-order chi connectivity index (χ0) is 24.4. The molecule has 0 fully saturated rings. The Bertz CT molecular complexity index is 1270. The molecule has 0 aliphatic heterocycles. The molecule has 9 heteroatoms. The summed E-state index contributed by atoms with van der Waals surface area (Å²) in [6.07, 6.45) is 2.22. The lowest BCUT2D eigenvalue weighted by atomic mass is 9.75. The van der Waals surface area contributed by atoms with Gasteiger partial charge in [0.05, 0.1) is 5.92 Å². The fourth-order valence-electron chi connectivity index (χ4n) is 4.97. The van der Waals surface area contributed by atoms with Crippen LogP contribution in [-0.2, 0) is 22.4 Å². The number of hydrogen-bond donors (Lipinski definition) is 5. The van der Waals surface area contributed by atoms with E-state index in [1.54, 1.807) is 18.2 Å². The number of aromatic carboxylic acids is 1. The van der Waals surface area contributed by atoms with Crippen molar-refractivity contribution in [3.63, 3.8) is 0 Å². The summed E-state index contributed by atoms with van der Waals surface area (Å²) in [5.74, 6) is -3.28. The number of aryl methyl sites for hydroxylation is 2. The maximum atomic E-state index is 13.4. The topological polar surface area (TPSA) is 146 Å². The summed E-state index contributed by atoms with van der Waals surface area (Å²) in [4.78, 5) is 39.3. The first-order valence-electron chi connectivity index (χ1n) is 11.2. The maximum absolute atomic E-state index is 13.4. The van der Waals surface area contributed by atoms with Gasteiger partial charge in [0.15, 0.2) is 0 Å². The van der Waals surface area contributed by atoms with Crippen molar-refractivity contribution in [3.05, 3.63) is 63.8 Å². The average molecular weight is 484 g/mol. The van der Waals surface area contributed by atoms with E-state index in [9.17, 15) is 19.5 Å². The van der Waals surface area contributed by atoms with Crippen molar-refractivity contribution in [1.82, 2.24) is 4.98 Å². The minimum Gasteiger partial charge on any atom is -0.481 e. The van der Waals surface area contributed by atoms with Crippen molar-refractivity contribution in [2.24, 2.45) is 11.7 Å². The lowest BCUT2D eigenvalue weighted by Gasteiger charge is -2.30. The number of hydrogen-bond acceptors (Lipinski definition) is 4. The first-order valence-corrected chi connectivity index (χ1v) is 11.6. The molecule has 1 aliphatic rings. The second-order valence-corrected chi connectivity index (χ2v) is 9.02. The number of amides is 1. The molecule has 34 heavy (non-hydrogen) atoms. The van der Waals surface area contributed by atoms with Crippen molar-refractivity contribution in [2.45, 2.75) is 38.0 Å². The van der Waals surface area contributed by atoms with Crippen LogP contribution in [0.25, 0.3) is 10.9 Å². The van der Waals surface area contributed by atoms with E-state index >= 15 is 0 Å². The van der Waals surface area contributed by atoms with Crippen LogP contribution in [0.4, 0.5) is 5.69 Å². The van der Waals surface area contributed by atoms with E-state index in [0.717, 1.165) is 16.5 Å². The molecule has 2 unspecified atom stereocenters. The molecule has 1 aliphatic carbocycles. The van der Waals surface area contributed by atoms with E-state index in [0.29, 0.717) is 47.5 Å². The number of nitrogens with two attached hydrogens (primary N) is 1.